The van der Waals surface area contributed by atoms with Crippen LogP contribution in [0.25, 0.3) is 16.8 Å². The number of benzene rings is 2. The lowest BCUT2D eigenvalue weighted by Gasteiger charge is -2.17. The minimum atomic E-state index is -0.0788. The van der Waals surface area contributed by atoms with Crippen LogP contribution in [0.1, 0.15) is 44.6 Å². The first kappa shape index (κ1) is 18.1. The van der Waals surface area contributed by atoms with Crippen molar-refractivity contribution in [3.05, 3.63) is 46.9 Å². The summed E-state index contributed by atoms with van der Waals surface area (Å²) in [5.41, 5.74) is 0.950. The zero-order chi connectivity index (χ0) is 18.6. The van der Waals surface area contributed by atoms with Gasteiger partial charge in [-0.05, 0) is 54.4 Å². The van der Waals surface area contributed by atoms with Gasteiger partial charge in [0.1, 0.15) is 5.75 Å². The fourth-order valence-electron chi connectivity index (χ4n) is 3.70. The van der Waals surface area contributed by atoms with E-state index in [0.717, 1.165) is 40.1 Å². The second-order valence-corrected chi connectivity index (χ2v) is 7.95. The summed E-state index contributed by atoms with van der Waals surface area (Å²) in [4.78, 5) is 18.0. The van der Waals surface area contributed by atoms with E-state index < -0.39 is 0 Å². The van der Waals surface area contributed by atoms with Gasteiger partial charge in [0, 0.05) is 5.56 Å². The molecular weight excluding hydrogens is 356 g/mol. The van der Waals surface area contributed by atoms with Gasteiger partial charge < -0.3 is 10.1 Å². The zero-order valence-electron chi connectivity index (χ0n) is 15.5. The Morgan fingerprint density at radius 1 is 1.19 bits per heavy atom. The lowest BCUT2D eigenvalue weighted by molar-refractivity contribution is -0.115. The smallest absolute Gasteiger partial charge is 0.264 e. The van der Waals surface area contributed by atoms with E-state index in [1.807, 2.05) is 31.2 Å². The average Bonchev–Trinajstić information content (AvgIpc) is 3.03. The third kappa shape index (κ3) is 4.03. The van der Waals surface area contributed by atoms with E-state index in [1.54, 1.807) is 0 Å². The number of rotatable bonds is 4. The van der Waals surface area contributed by atoms with Crippen LogP contribution in [0.3, 0.4) is 0 Å². The van der Waals surface area contributed by atoms with Crippen LogP contribution in [-0.4, -0.2) is 23.7 Å². The van der Waals surface area contributed by atoms with Crippen molar-refractivity contribution in [1.29, 1.82) is 0 Å². The molecule has 0 atom stereocenters. The number of ether oxygens (including phenoxy) is 1. The van der Waals surface area contributed by atoms with Crippen LogP contribution in [0.15, 0.2) is 46.3 Å². The molecule has 2 fully saturated rings. The molecule has 1 aliphatic heterocycles. The number of aliphatic imine (C=N–C) groups is 1. The van der Waals surface area contributed by atoms with Crippen molar-refractivity contribution in [2.75, 3.05) is 6.61 Å². The van der Waals surface area contributed by atoms with Crippen LogP contribution in [0.5, 0.6) is 5.75 Å². The van der Waals surface area contributed by atoms with Crippen LogP contribution in [-0.2, 0) is 4.79 Å². The molecule has 0 aromatic heterocycles. The van der Waals surface area contributed by atoms with Gasteiger partial charge >= 0.3 is 0 Å². The molecule has 0 radical (unpaired) electrons. The summed E-state index contributed by atoms with van der Waals surface area (Å²) >= 11 is 1.44. The first-order chi connectivity index (χ1) is 13.2. The fourth-order valence-corrected chi connectivity index (χ4v) is 4.58. The first-order valence-corrected chi connectivity index (χ1v) is 10.5. The predicted octanol–water partition coefficient (Wildman–Crippen LogP) is 5.13. The maximum atomic E-state index is 12.5. The summed E-state index contributed by atoms with van der Waals surface area (Å²) < 4.78 is 5.82. The molecule has 0 bridgehead atoms. The number of nitrogens with zero attached hydrogens (tertiary/aromatic N) is 1. The zero-order valence-corrected chi connectivity index (χ0v) is 16.3. The minimum Gasteiger partial charge on any atom is -0.493 e. The molecule has 2 aliphatic rings. The Hall–Kier alpha value is -2.27. The van der Waals surface area contributed by atoms with Gasteiger partial charge in [0.15, 0.2) is 5.17 Å². The number of nitrogens with one attached hydrogen (secondary N) is 1. The number of amidine groups is 1. The van der Waals surface area contributed by atoms with E-state index in [4.69, 9.17) is 9.73 Å². The molecule has 4 nitrogen and oxygen atoms in total. The van der Waals surface area contributed by atoms with Crippen molar-refractivity contribution in [2.45, 2.75) is 45.1 Å². The van der Waals surface area contributed by atoms with Gasteiger partial charge in [-0.3, -0.25) is 9.79 Å². The molecule has 1 heterocycles. The summed E-state index contributed by atoms with van der Waals surface area (Å²) in [7, 11) is 0. The Morgan fingerprint density at radius 2 is 2.00 bits per heavy atom. The number of fused-ring (bicyclic) bond motifs is 1. The standard InChI is InChI=1S/C22H24N2O2S/c1-2-26-19-13-12-15-8-6-7-11-17(15)18(19)14-20-21(25)24-22(27-20)23-16-9-4-3-5-10-16/h6-8,11-14,16H,2-5,9-10H2,1H3,(H,23,24,25)/b20-14-. The lowest BCUT2D eigenvalue weighted by atomic mass is 9.96. The number of hydrogen-bond acceptors (Lipinski definition) is 4. The molecule has 1 saturated carbocycles. The summed E-state index contributed by atoms with van der Waals surface area (Å²) in [5.74, 6) is 0.722. The van der Waals surface area contributed by atoms with Crippen LogP contribution in [0, 0.1) is 0 Å². The number of amides is 1. The van der Waals surface area contributed by atoms with Gasteiger partial charge in [-0.2, -0.15) is 0 Å². The molecule has 0 spiro atoms. The van der Waals surface area contributed by atoms with Crippen LogP contribution < -0.4 is 10.1 Å². The molecular formula is C22H24N2O2S. The van der Waals surface area contributed by atoms with Gasteiger partial charge in [0.25, 0.3) is 5.91 Å². The molecule has 1 amide bonds. The van der Waals surface area contributed by atoms with Crippen LogP contribution in [0.2, 0.25) is 0 Å². The Balaban J connectivity index is 1.67. The van der Waals surface area contributed by atoms with Gasteiger partial charge in [0.05, 0.1) is 17.6 Å². The number of hydrogen-bond donors (Lipinski definition) is 1. The number of carbonyl (C=O) groups excluding carboxylic acids is 1. The number of carbonyl (C=O) groups is 1. The topological polar surface area (TPSA) is 50.7 Å². The van der Waals surface area contributed by atoms with E-state index in [2.05, 4.69) is 23.5 Å². The summed E-state index contributed by atoms with van der Waals surface area (Å²) in [5, 5.41) is 5.89. The Kier molecular flexibility index (Phi) is 5.48. The van der Waals surface area contributed by atoms with E-state index in [-0.39, 0.29) is 5.91 Å². The second kappa shape index (κ2) is 8.17. The molecule has 0 unspecified atom stereocenters. The van der Waals surface area contributed by atoms with Crippen molar-refractivity contribution in [1.82, 2.24) is 5.32 Å². The Bertz CT molecular complexity index is 914. The maximum Gasteiger partial charge on any atom is 0.264 e. The highest BCUT2D eigenvalue weighted by Crippen LogP contribution is 2.34. The van der Waals surface area contributed by atoms with E-state index in [0.29, 0.717) is 17.6 Å². The van der Waals surface area contributed by atoms with Gasteiger partial charge in [-0.1, -0.05) is 49.6 Å². The molecule has 1 aliphatic carbocycles. The summed E-state index contributed by atoms with van der Waals surface area (Å²) in [6, 6.07) is 12.6. The summed E-state index contributed by atoms with van der Waals surface area (Å²) in [6.45, 7) is 2.56. The molecule has 2 aromatic carbocycles. The van der Waals surface area contributed by atoms with Crippen LogP contribution in [0.4, 0.5) is 0 Å². The normalized spacial score (nSPS) is 21.1. The van der Waals surface area contributed by atoms with Gasteiger partial charge in [-0.15, -0.1) is 0 Å². The minimum absolute atomic E-state index is 0.0788. The van der Waals surface area contributed by atoms with Crippen molar-refractivity contribution < 1.29 is 9.53 Å². The molecule has 1 saturated heterocycles. The van der Waals surface area contributed by atoms with Gasteiger partial charge in [-0.25, -0.2) is 0 Å². The lowest BCUT2D eigenvalue weighted by Crippen LogP contribution is -2.22. The number of thioether (sulfide) groups is 1. The largest absolute Gasteiger partial charge is 0.493 e. The third-order valence-electron chi connectivity index (χ3n) is 5.03. The molecule has 2 aromatic rings. The van der Waals surface area contributed by atoms with E-state index in [1.165, 1.54) is 31.0 Å². The maximum absolute atomic E-state index is 12.5. The Labute approximate surface area is 164 Å². The van der Waals surface area contributed by atoms with Crippen molar-refractivity contribution in [3.8, 4) is 5.75 Å². The van der Waals surface area contributed by atoms with Crippen molar-refractivity contribution in [3.63, 3.8) is 0 Å². The van der Waals surface area contributed by atoms with Crippen molar-refractivity contribution >= 4 is 39.7 Å². The highest BCUT2D eigenvalue weighted by Gasteiger charge is 2.26. The fraction of sp³-hybridized carbons (Fsp3) is 0.364. The second-order valence-electron chi connectivity index (χ2n) is 6.92. The molecule has 1 N–H and O–H groups in total. The SMILES string of the molecule is CCOc1ccc2ccccc2c1/C=C1\SC(=NC2CCCCC2)NC1=O. The predicted molar refractivity (Wildman–Crippen MR) is 113 cm³/mol. The highest BCUT2D eigenvalue weighted by atomic mass is 32.2. The Morgan fingerprint density at radius 3 is 2.81 bits per heavy atom. The molecule has 4 rings (SSSR count). The molecule has 5 heteroatoms. The van der Waals surface area contributed by atoms with Crippen LogP contribution >= 0.6 is 11.8 Å². The van der Waals surface area contributed by atoms with Crippen molar-refractivity contribution in [2.24, 2.45) is 4.99 Å². The monoisotopic (exact) mass is 380 g/mol. The van der Waals surface area contributed by atoms with E-state index >= 15 is 0 Å². The molecule has 27 heavy (non-hydrogen) atoms. The van der Waals surface area contributed by atoms with E-state index in [9.17, 15) is 4.79 Å². The van der Waals surface area contributed by atoms with Gasteiger partial charge in [0.2, 0.25) is 0 Å². The average molecular weight is 381 g/mol. The summed E-state index contributed by atoms with van der Waals surface area (Å²) in [6.07, 6.45) is 7.95. The first-order valence-electron chi connectivity index (χ1n) is 9.68. The quantitative estimate of drug-likeness (QED) is 0.748. The highest BCUT2D eigenvalue weighted by molar-refractivity contribution is 8.18. The third-order valence-corrected chi connectivity index (χ3v) is 5.96. The molecule has 140 valence electrons.